The molecule has 0 aliphatic rings. The number of ether oxygens (including phenoxy) is 2. The van der Waals surface area contributed by atoms with Gasteiger partial charge in [-0.05, 0) is 74.6 Å². The molecule has 0 aliphatic heterocycles. The fourth-order valence-corrected chi connectivity index (χ4v) is 4.64. The van der Waals surface area contributed by atoms with E-state index in [-0.39, 0.29) is 5.97 Å². The van der Waals surface area contributed by atoms with E-state index >= 15 is 0 Å². The van der Waals surface area contributed by atoms with Crippen molar-refractivity contribution >= 4 is 17.3 Å². The van der Waals surface area contributed by atoms with E-state index < -0.39 is 0 Å². The van der Waals surface area contributed by atoms with Gasteiger partial charge in [0.25, 0.3) is 0 Å². The van der Waals surface area contributed by atoms with Crippen molar-refractivity contribution in [3.63, 3.8) is 0 Å². The van der Waals surface area contributed by atoms with Crippen LogP contribution in [0, 0.1) is 0 Å². The van der Waals surface area contributed by atoms with Crippen molar-refractivity contribution in [1.82, 2.24) is 0 Å². The molecule has 0 N–H and O–H groups in total. The van der Waals surface area contributed by atoms with E-state index in [0.717, 1.165) is 49.4 Å². The van der Waals surface area contributed by atoms with Gasteiger partial charge in [-0.2, -0.15) is 10.2 Å². The lowest BCUT2D eigenvalue weighted by molar-refractivity contribution is -0.139. The summed E-state index contributed by atoms with van der Waals surface area (Å²) in [6.07, 6.45) is 21.3. The Kier molecular flexibility index (Phi) is 19.0. The Bertz CT molecular complexity index is 983. The maximum absolute atomic E-state index is 11.3. The molecule has 0 saturated heterocycles. The SMILES string of the molecule is C=C(C)C(=O)OCCCCCCCCCCCCCCCCOc1ccc(N=Nc2ccc(CCCC)cc2)cc1. The van der Waals surface area contributed by atoms with Crippen molar-refractivity contribution in [2.45, 2.75) is 123 Å². The van der Waals surface area contributed by atoms with E-state index in [0.29, 0.717) is 12.2 Å². The van der Waals surface area contributed by atoms with Gasteiger partial charge in [0.05, 0.1) is 24.6 Å². The second kappa shape index (κ2) is 22.7. The summed E-state index contributed by atoms with van der Waals surface area (Å²) in [5.74, 6) is 0.629. The molecule has 0 spiro atoms. The van der Waals surface area contributed by atoms with Gasteiger partial charge in [-0.15, -0.1) is 0 Å². The lowest BCUT2D eigenvalue weighted by Crippen LogP contribution is -2.05. The van der Waals surface area contributed by atoms with Crippen LogP contribution in [-0.2, 0) is 16.0 Å². The third kappa shape index (κ3) is 17.5. The summed E-state index contributed by atoms with van der Waals surface area (Å²) in [6.45, 7) is 8.79. The topological polar surface area (TPSA) is 60.2 Å². The van der Waals surface area contributed by atoms with Gasteiger partial charge >= 0.3 is 5.97 Å². The third-order valence-electron chi connectivity index (χ3n) is 7.26. The zero-order valence-corrected chi connectivity index (χ0v) is 25.9. The smallest absolute Gasteiger partial charge is 0.333 e. The summed E-state index contributed by atoms with van der Waals surface area (Å²) < 4.78 is 11.0. The molecule has 0 atom stereocenters. The van der Waals surface area contributed by atoms with Gasteiger partial charge in [0.2, 0.25) is 0 Å². The van der Waals surface area contributed by atoms with Crippen molar-refractivity contribution < 1.29 is 14.3 Å². The minimum Gasteiger partial charge on any atom is -0.494 e. The molecule has 0 amide bonds. The average molecular weight is 563 g/mol. The lowest BCUT2D eigenvalue weighted by Gasteiger charge is -2.06. The summed E-state index contributed by atoms with van der Waals surface area (Å²) in [6, 6.07) is 16.2. The summed E-state index contributed by atoms with van der Waals surface area (Å²) in [7, 11) is 0. The van der Waals surface area contributed by atoms with Crippen molar-refractivity contribution in [1.29, 1.82) is 0 Å². The molecular formula is C36H54N2O3. The number of carbonyl (C=O) groups is 1. The molecule has 5 nitrogen and oxygen atoms in total. The first kappa shape index (κ1) is 34.3. The number of hydrogen-bond acceptors (Lipinski definition) is 5. The zero-order valence-electron chi connectivity index (χ0n) is 25.9. The Labute approximate surface area is 249 Å². The fourth-order valence-electron chi connectivity index (χ4n) is 4.64. The molecule has 226 valence electrons. The van der Waals surface area contributed by atoms with Gasteiger partial charge in [-0.25, -0.2) is 4.79 Å². The summed E-state index contributed by atoms with van der Waals surface area (Å²) in [5.41, 5.74) is 3.55. The highest BCUT2D eigenvalue weighted by molar-refractivity contribution is 5.86. The molecule has 2 rings (SSSR count). The number of rotatable bonds is 24. The van der Waals surface area contributed by atoms with E-state index in [4.69, 9.17) is 9.47 Å². The first-order valence-electron chi connectivity index (χ1n) is 16.1. The number of carbonyl (C=O) groups excluding carboxylic acids is 1. The van der Waals surface area contributed by atoms with Gasteiger partial charge in [-0.3, -0.25) is 0 Å². The summed E-state index contributed by atoms with van der Waals surface area (Å²) >= 11 is 0. The van der Waals surface area contributed by atoms with Crippen molar-refractivity contribution in [3.8, 4) is 5.75 Å². The van der Waals surface area contributed by atoms with Crippen LogP contribution in [0.3, 0.4) is 0 Å². The second-order valence-corrected chi connectivity index (χ2v) is 11.2. The number of hydrogen-bond donors (Lipinski definition) is 0. The Morgan fingerprint density at radius 3 is 1.54 bits per heavy atom. The van der Waals surface area contributed by atoms with E-state index in [1.54, 1.807) is 6.92 Å². The van der Waals surface area contributed by atoms with E-state index in [9.17, 15) is 4.79 Å². The van der Waals surface area contributed by atoms with Crippen LogP contribution >= 0.6 is 0 Å². The molecule has 0 bridgehead atoms. The molecule has 0 aromatic heterocycles. The molecule has 0 radical (unpaired) electrons. The molecule has 0 heterocycles. The Balaban J connectivity index is 1.38. The maximum atomic E-state index is 11.3. The van der Waals surface area contributed by atoms with Gasteiger partial charge < -0.3 is 9.47 Å². The number of nitrogens with zero attached hydrogens (tertiary/aromatic N) is 2. The van der Waals surface area contributed by atoms with Crippen LogP contribution in [0.4, 0.5) is 11.4 Å². The van der Waals surface area contributed by atoms with Gasteiger partial charge in [0, 0.05) is 5.57 Å². The third-order valence-corrected chi connectivity index (χ3v) is 7.26. The predicted molar refractivity (Wildman–Crippen MR) is 172 cm³/mol. The normalized spacial score (nSPS) is 11.2. The lowest BCUT2D eigenvalue weighted by atomic mass is 10.0. The van der Waals surface area contributed by atoms with E-state index in [1.807, 2.05) is 36.4 Å². The minimum absolute atomic E-state index is 0.267. The maximum Gasteiger partial charge on any atom is 0.333 e. The largest absolute Gasteiger partial charge is 0.494 e. The predicted octanol–water partition coefficient (Wildman–Crippen LogP) is 11.4. The highest BCUT2D eigenvalue weighted by Gasteiger charge is 2.02. The van der Waals surface area contributed by atoms with Crippen LogP contribution in [-0.4, -0.2) is 19.2 Å². The molecule has 0 saturated carbocycles. The molecule has 0 unspecified atom stereocenters. The molecule has 5 heteroatoms. The highest BCUT2D eigenvalue weighted by atomic mass is 16.5. The molecular weight excluding hydrogens is 508 g/mol. The zero-order chi connectivity index (χ0) is 29.4. The second-order valence-electron chi connectivity index (χ2n) is 11.2. The van der Waals surface area contributed by atoms with E-state index in [2.05, 4.69) is 35.9 Å². The monoisotopic (exact) mass is 562 g/mol. The van der Waals surface area contributed by atoms with Crippen LogP contribution in [0.15, 0.2) is 70.9 Å². The van der Waals surface area contributed by atoms with Crippen LogP contribution < -0.4 is 4.74 Å². The number of azo groups is 1. The van der Waals surface area contributed by atoms with Crippen LogP contribution in [0.5, 0.6) is 5.75 Å². The average Bonchev–Trinajstić information content (AvgIpc) is 2.99. The van der Waals surface area contributed by atoms with Crippen molar-refractivity contribution in [2.75, 3.05) is 13.2 Å². The Hall–Kier alpha value is -2.95. The Morgan fingerprint density at radius 2 is 1.07 bits per heavy atom. The van der Waals surface area contributed by atoms with E-state index in [1.165, 1.54) is 89.0 Å². The Morgan fingerprint density at radius 1 is 0.634 bits per heavy atom. The molecule has 0 aliphatic carbocycles. The number of esters is 1. The minimum atomic E-state index is -0.267. The number of unbranched alkanes of at least 4 members (excludes halogenated alkanes) is 14. The fraction of sp³-hybridized carbons (Fsp3) is 0.583. The number of benzene rings is 2. The quantitative estimate of drug-likeness (QED) is 0.0553. The highest BCUT2D eigenvalue weighted by Crippen LogP contribution is 2.22. The molecule has 41 heavy (non-hydrogen) atoms. The first-order chi connectivity index (χ1) is 20.1. The van der Waals surface area contributed by atoms with Crippen molar-refractivity contribution in [2.24, 2.45) is 10.2 Å². The van der Waals surface area contributed by atoms with Crippen LogP contribution in [0.25, 0.3) is 0 Å². The van der Waals surface area contributed by atoms with Crippen LogP contribution in [0.2, 0.25) is 0 Å². The summed E-state index contributed by atoms with van der Waals surface area (Å²) in [5, 5.41) is 8.71. The van der Waals surface area contributed by atoms with Gasteiger partial charge in [0.15, 0.2) is 0 Å². The first-order valence-corrected chi connectivity index (χ1v) is 16.1. The molecule has 2 aromatic rings. The van der Waals surface area contributed by atoms with Crippen molar-refractivity contribution in [3.05, 3.63) is 66.2 Å². The standard InChI is InChI=1S/C36H54N2O3/c1-4-5-20-32-21-23-33(24-22-32)37-38-34-25-27-35(28-26-34)40-29-18-16-14-12-10-8-6-7-9-11-13-15-17-19-30-41-36(39)31(2)3/h21-28H,2,4-20,29-30H2,1,3H3. The summed E-state index contributed by atoms with van der Waals surface area (Å²) in [4.78, 5) is 11.3. The number of aryl methyl sites for hydroxylation is 1. The molecule has 0 fully saturated rings. The van der Waals surface area contributed by atoms with Crippen LogP contribution in [0.1, 0.15) is 122 Å². The van der Waals surface area contributed by atoms with Gasteiger partial charge in [-0.1, -0.05) is 109 Å². The van der Waals surface area contributed by atoms with Gasteiger partial charge in [0.1, 0.15) is 5.75 Å². The molecule has 2 aromatic carbocycles.